The maximum Gasteiger partial charge on any atom is 0.416 e. The van der Waals surface area contributed by atoms with Crippen LogP contribution in [0.1, 0.15) is 32.9 Å². The summed E-state index contributed by atoms with van der Waals surface area (Å²) >= 11 is 0. The number of halogens is 3. The molecule has 0 unspecified atom stereocenters. The highest BCUT2D eigenvalue weighted by Gasteiger charge is 2.29. The summed E-state index contributed by atoms with van der Waals surface area (Å²) in [4.78, 5) is 16.3. The molecule has 0 aliphatic rings. The van der Waals surface area contributed by atoms with Gasteiger partial charge in [-0.15, -0.1) is 5.10 Å². The van der Waals surface area contributed by atoms with Crippen LogP contribution in [0.25, 0.3) is 0 Å². The van der Waals surface area contributed by atoms with Crippen molar-refractivity contribution >= 4 is 12.0 Å². The highest BCUT2D eigenvalue weighted by atomic mass is 19.4. The number of H-pyrrole nitrogens is 1. The number of alkyl halides is 3. The summed E-state index contributed by atoms with van der Waals surface area (Å²) in [6, 6.07) is 11.1. The molecule has 6 nitrogen and oxygen atoms in total. The summed E-state index contributed by atoms with van der Waals surface area (Å²) in [6.45, 7) is 0.103. The third-order valence-electron chi connectivity index (χ3n) is 3.85. The minimum absolute atomic E-state index is 0.103. The van der Waals surface area contributed by atoms with Crippen molar-refractivity contribution in [3.63, 3.8) is 0 Å². The first-order valence-corrected chi connectivity index (χ1v) is 8.15. The fourth-order valence-electron chi connectivity index (χ4n) is 2.42. The van der Waals surface area contributed by atoms with Gasteiger partial charge in [-0.25, -0.2) is 0 Å². The lowest BCUT2D eigenvalue weighted by Crippen LogP contribution is -2.06. The molecule has 1 heterocycles. The summed E-state index contributed by atoms with van der Waals surface area (Å²) in [5, 5.41) is 9.98. The first kappa shape index (κ1) is 19.3. The Morgan fingerprint density at radius 3 is 2.43 bits per heavy atom. The Labute approximate surface area is 158 Å². The first-order valence-electron chi connectivity index (χ1n) is 8.15. The van der Waals surface area contributed by atoms with Gasteiger partial charge in [-0.05, 0) is 42.0 Å². The van der Waals surface area contributed by atoms with Crippen LogP contribution in [0.15, 0.2) is 53.5 Å². The number of ether oxygens (including phenoxy) is 1. The van der Waals surface area contributed by atoms with E-state index >= 15 is 0 Å². The molecule has 0 bridgehead atoms. The number of nitrogens with one attached hydrogen (secondary N) is 1. The fourth-order valence-corrected chi connectivity index (χ4v) is 2.42. The second kappa shape index (κ2) is 8.03. The lowest BCUT2D eigenvalue weighted by molar-refractivity contribution is -0.137. The van der Waals surface area contributed by atoms with E-state index < -0.39 is 11.7 Å². The zero-order valence-corrected chi connectivity index (χ0v) is 14.7. The van der Waals surface area contributed by atoms with E-state index in [9.17, 15) is 18.0 Å². The van der Waals surface area contributed by atoms with Crippen molar-refractivity contribution in [3.05, 3.63) is 76.6 Å². The number of carbonyl (C=O) groups excluding carboxylic acids is 1. The first-order chi connectivity index (χ1) is 13.4. The van der Waals surface area contributed by atoms with E-state index in [1.165, 1.54) is 18.3 Å². The monoisotopic (exact) mass is 388 g/mol. The summed E-state index contributed by atoms with van der Waals surface area (Å²) < 4.78 is 43.3. The van der Waals surface area contributed by atoms with Crippen LogP contribution in [0.4, 0.5) is 13.2 Å². The minimum Gasteiger partial charge on any atom is -0.489 e. The number of hydrogen-bond donors (Lipinski definition) is 1. The molecule has 0 fully saturated rings. The van der Waals surface area contributed by atoms with Gasteiger partial charge in [0.05, 0.1) is 5.56 Å². The van der Waals surface area contributed by atoms with Gasteiger partial charge in [0.15, 0.2) is 5.69 Å². The van der Waals surface area contributed by atoms with Crippen molar-refractivity contribution in [1.82, 2.24) is 15.4 Å². The Kier molecular flexibility index (Phi) is 5.53. The van der Waals surface area contributed by atoms with Gasteiger partial charge in [-0.1, -0.05) is 17.3 Å². The summed E-state index contributed by atoms with van der Waals surface area (Å²) in [6.07, 6.45) is -2.91. The van der Waals surface area contributed by atoms with E-state index in [1.807, 2.05) is 0 Å². The molecule has 1 aromatic heterocycles. The molecule has 0 atom stereocenters. The Hall–Kier alpha value is -3.49. The van der Waals surface area contributed by atoms with Gasteiger partial charge in [0.2, 0.25) is 5.78 Å². The molecule has 3 aromatic rings. The van der Waals surface area contributed by atoms with Crippen molar-refractivity contribution < 1.29 is 22.7 Å². The summed E-state index contributed by atoms with van der Waals surface area (Å²) in [5.74, 6) is 0.157. The lowest BCUT2D eigenvalue weighted by atomic mass is 10.1. The molecular formula is C19H15F3N4O2. The largest absolute Gasteiger partial charge is 0.489 e. The molecule has 9 heteroatoms. The number of benzene rings is 2. The van der Waals surface area contributed by atoms with Gasteiger partial charge >= 0.3 is 6.18 Å². The van der Waals surface area contributed by atoms with E-state index in [0.29, 0.717) is 22.6 Å². The molecule has 0 saturated carbocycles. The number of ketones is 1. The maximum atomic E-state index is 12.6. The van der Waals surface area contributed by atoms with Crippen LogP contribution >= 0.6 is 0 Å². The van der Waals surface area contributed by atoms with E-state index in [-0.39, 0.29) is 18.1 Å². The Balaban J connectivity index is 1.64. The van der Waals surface area contributed by atoms with Crippen molar-refractivity contribution in [2.24, 2.45) is 4.99 Å². The molecule has 28 heavy (non-hydrogen) atoms. The number of nitrogens with zero attached hydrogens (tertiary/aromatic N) is 3. The highest BCUT2D eigenvalue weighted by Crippen LogP contribution is 2.29. The van der Waals surface area contributed by atoms with Gasteiger partial charge in [0.25, 0.3) is 0 Å². The second-order valence-electron chi connectivity index (χ2n) is 5.80. The average molecular weight is 388 g/mol. The molecule has 0 amide bonds. The molecule has 144 valence electrons. The average Bonchev–Trinajstić information content (AvgIpc) is 3.14. The van der Waals surface area contributed by atoms with Crippen LogP contribution in [0.2, 0.25) is 0 Å². The smallest absolute Gasteiger partial charge is 0.416 e. The molecule has 0 radical (unpaired) electrons. The standard InChI is InChI=1S/C19H15F3N4O2/c1-23-10-16-17(25-26-24-16)18(27)13-4-8-15(9-5-13)28-11-12-2-6-14(7-3-12)19(20,21)22/h2-10H,11H2,1H3,(H,24,25,26)/b23-10-. The van der Waals surface area contributed by atoms with Gasteiger partial charge in [0.1, 0.15) is 18.1 Å². The third kappa shape index (κ3) is 4.43. The molecule has 0 aliphatic carbocycles. The zero-order chi connectivity index (χ0) is 20.1. The van der Waals surface area contributed by atoms with E-state index in [1.54, 1.807) is 31.3 Å². The van der Waals surface area contributed by atoms with Gasteiger partial charge < -0.3 is 4.74 Å². The lowest BCUT2D eigenvalue weighted by Gasteiger charge is -2.09. The number of aromatic amines is 1. The number of carbonyl (C=O) groups is 1. The topological polar surface area (TPSA) is 80.2 Å². The Morgan fingerprint density at radius 2 is 1.82 bits per heavy atom. The minimum atomic E-state index is -4.37. The van der Waals surface area contributed by atoms with Crippen LogP contribution in [0.5, 0.6) is 5.75 Å². The van der Waals surface area contributed by atoms with Crippen LogP contribution in [0.3, 0.4) is 0 Å². The van der Waals surface area contributed by atoms with Crippen molar-refractivity contribution in [2.75, 3.05) is 7.05 Å². The fraction of sp³-hybridized carbons (Fsp3) is 0.158. The third-order valence-corrected chi connectivity index (χ3v) is 3.85. The number of hydrogen-bond acceptors (Lipinski definition) is 5. The quantitative estimate of drug-likeness (QED) is 0.516. The molecule has 3 rings (SSSR count). The van der Waals surface area contributed by atoms with Crippen LogP contribution < -0.4 is 4.74 Å². The maximum absolute atomic E-state index is 12.6. The highest BCUT2D eigenvalue weighted by molar-refractivity contribution is 6.11. The van der Waals surface area contributed by atoms with Gasteiger partial charge in [-0.3, -0.25) is 14.9 Å². The van der Waals surface area contributed by atoms with Crippen molar-refractivity contribution in [2.45, 2.75) is 12.8 Å². The number of aliphatic imine (C=N–C) groups is 1. The van der Waals surface area contributed by atoms with E-state index in [2.05, 4.69) is 20.4 Å². The molecule has 2 aromatic carbocycles. The summed E-state index contributed by atoms with van der Waals surface area (Å²) in [5.41, 5.74) is 0.847. The summed E-state index contributed by atoms with van der Waals surface area (Å²) in [7, 11) is 1.57. The molecule has 0 aliphatic heterocycles. The molecule has 0 saturated heterocycles. The van der Waals surface area contributed by atoms with Crippen LogP contribution in [0, 0.1) is 0 Å². The number of aromatic nitrogens is 3. The predicted molar refractivity (Wildman–Crippen MR) is 95.6 cm³/mol. The normalized spacial score (nSPS) is 11.7. The Morgan fingerprint density at radius 1 is 1.14 bits per heavy atom. The van der Waals surface area contributed by atoms with Gasteiger partial charge in [-0.2, -0.15) is 13.2 Å². The molecule has 0 spiro atoms. The predicted octanol–water partition coefficient (Wildman–Crippen LogP) is 3.68. The SMILES string of the molecule is C/N=C\c1[nH]nnc1C(=O)c1ccc(OCc2ccc(C(F)(F)F)cc2)cc1. The van der Waals surface area contributed by atoms with Crippen molar-refractivity contribution in [1.29, 1.82) is 0 Å². The van der Waals surface area contributed by atoms with Crippen LogP contribution in [-0.2, 0) is 12.8 Å². The van der Waals surface area contributed by atoms with Crippen LogP contribution in [-0.4, -0.2) is 34.5 Å². The molecular weight excluding hydrogens is 373 g/mol. The van der Waals surface area contributed by atoms with Gasteiger partial charge in [0, 0.05) is 18.8 Å². The second-order valence-corrected chi connectivity index (χ2v) is 5.80. The molecule has 1 N–H and O–H groups in total. The van der Waals surface area contributed by atoms with E-state index in [4.69, 9.17) is 4.74 Å². The zero-order valence-electron chi connectivity index (χ0n) is 14.7. The number of rotatable bonds is 6. The Bertz CT molecular complexity index is 978. The van der Waals surface area contributed by atoms with E-state index in [0.717, 1.165) is 12.1 Å². The van der Waals surface area contributed by atoms with Crippen molar-refractivity contribution in [3.8, 4) is 5.75 Å².